The van der Waals surface area contributed by atoms with E-state index in [0.717, 1.165) is 33.6 Å². The van der Waals surface area contributed by atoms with Gasteiger partial charge in [0.2, 0.25) is 0 Å². The molecule has 4 heteroatoms. The zero-order valence-corrected chi connectivity index (χ0v) is 18.0. The number of aromatic hydroxyl groups is 2. The Morgan fingerprint density at radius 2 is 0.938 bits per heavy atom. The maximum absolute atomic E-state index is 10.3. The zero-order valence-electron chi connectivity index (χ0n) is 18.0. The Labute approximate surface area is 187 Å². The van der Waals surface area contributed by atoms with Crippen LogP contribution < -0.4 is 0 Å². The predicted molar refractivity (Wildman–Crippen MR) is 132 cm³/mol. The summed E-state index contributed by atoms with van der Waals surface area (Å²) in [5.41, 5.74) is 6.35. The molecular weight excluding hydrogens is 396 g/mol. The molecule has 0 atom stereocenters. The van der Waals surface area contributed by atoms with Crippen LogP contribution in [0.1, 0.15) is 22.3 Å². The van der Waals surface area contributed by atoms with Gasteiger partial charge in [0, 0.05) is 34.7 Å². The van der Waals surface area contributed by atoms with Crippen LogP contribution in [0.2, 0.25) is 0 Å². The van der Waals surface area contributed by atoms with Crippen molar-refractivity contribution in [2.24, 2.45) is 9.98 Å². The lowest BCUT2D eigenvalue weighted by atomic mass is 10.0. The quantitative estimate of drug-likeness (QED) is 0.346. The van der Waals surface area contributed by atoms with Crippen molar-refractivity contribution in [3.63, 3.8) is 0 Å². The summed E-state index contributed by atoms with van der Waals surface area (Å²) in [5, 5.41) is 20.6. The van der Waals surface area contributed by atoms with Crippen LogP contribution in [0.3, 0.4) is 0 Å². The Kier molecular flexibility index (Phi) is 6.13. The summed E-state index contributed by atoms with van der Waals surface area (Å²) in [6.45, 7) is 3.72. The Balaban J connectivity index is 1.73. The van der Waals surface area contributed by atoms with Gasteiger partial charge >= 0.3 is 0 Å². The third kappa shape index (κ3) is 4.44. The van der Waals surface area contributed by atoms with E-state index in [2.05, 4.69) is 9.98 Å². The maximum atomic E-state index is 10.3. The smallest absolute Gasteiger partial charge is 0.127 e. The fraction of sp³-hybridized carbons (Fsp3) is 0.0714. The molecule has 0 radical (unpaired) electrons. The van der Waals surface area contributed by atoms with Crippen LogP contribution in [0.15, 0.2) is 94.9 Å². The summed E-state index contributed by atoms with van der Waals surface area (Å²) >= 11 is 0. The van der Waals surface area contributed by atoms with Gasteiger partial charge in [0.05, 0.1) is 11.4 Å². The molecule has 0 fully saturated rings. The van der Waals surface area contributed by atoms with Crippen LogP contribution in [0.25, 0.3) is 11.1 Å². The number of aryl methyl sites for hydroxylation is 2. The van der Waals surface area contributed by atoms with Crippen molar-refractivity contribution in [1.82, 2.24) is 0 Å². The lowest BCUT2D eigenvalue weighted by molar-refractivity contribution is 0.470. The summed E-state index contributed by atoms with van der Waals surface area (Å²) in [5.74, 6) is 0.466. The van der Waals surface area contributed by atoms with Gasteiger partial charge in [0.15, 0.2) is 0 Å². The van der Waals surface area contributed by atoms with E-state index in [1.807, 2.05) is 98.8 Å². The van der Waals surface area contributed by atoms with Crippen molar-refractivity contribution in [3.05, 3.63) is 107 Å². The molecule has 0 bridgehead atoms. The molecule has 0 amide bonds. The second kappa shape index (κ2) is 9.31. The monoisotopic (exact) mass is 420 g/mol. The van der Waals surface area contributed by atoms with Crippen LogP contribution in [0.4, 0.5) is 11.4 Å². The first-order valence-corrected chi connectivity index (χ1v) is 10.4. The lowest BCUT2D eigenvalue weighted by Gasteiger charge is -2.09. The summed E-state index contributed by atoms with van der Waals surface area (Å²) in [4.78, 5) is 9.33. The van der Waals surface area contributed by atoms with Crippen molar-refractivity contribution >= 4 is 23.8 Å². The van der Waals surface area contributed by atoms with Crippen molar-refractivity contribution in [1.29, 1.82) is 0 Å². The van der Waals surface area contributed by atoms with E-state index in [1.165, 1.54) is 0 Å². The van der Waals surface area contributed by atoms with E-state index in [0.29, 0.717) is 11.1 Å². The first kappa shape index (κ1) is 21.1. The van der Waals surface area contributed by atoms with E-state index in [4.69, 9.17) is 0 Å². The molecule has 4 aromatic rings. The molecule has 0 aliphatic heterocycles. The van der Waals surface area contributed by atoms with E-state index < -0.39 is 0 Å². The first-order valence-electron chi connectivity index (χ1n) is 10.4. The van der Waals surface area contributed by atoms with Crippen molar-refractivity contribution in [2.45, 2.75) is 13.8 Å². The van der Waals surface area contributed by atoms with E-state index in [9.17, 15) is 10.2 Å². The number of hydrogen-bond acceptors (Lipinski definition) is 4. The number of hydrogen-bond donors (Lipinski definition) is 2. The average Bonchev–Trinajstić information content (AvgIpc) is 2.81. The molecule has 4 nitrogen and oxygen atoms in total. The Morgan fingerprint density at radius 3 is 1.38 bits per heavy atom. The summed E-state index contributed by atoms with van der Waals surface area (Å²) in [6, 6.07) is 26.9. The molecule has 0 spiro atoms. The van der Waals surface area contributed by atoms with Crippen LogP contribution in [-0.4, -0.2) is 22.6 Å². The molecule has 0 aliphatic rings. The number of para-hydroxylation sites is 4. The highest BCUT2D eigenvalue weighted by molar-refractivity contribution is 5.92. The topological polar surface area (TPSA) is 65.2 Å². The van der Waals surface area contributed by atoms with Gasteiger partial charge in [0.1, 0.15) is 11.5 Å². The van der Waals surface area contributed by atoms with Gasteiger partial charge in [-0.2, -0.15) is 0 Å². The zero-order chi connectivity index (χ0) is 22.5. The van der Waals surface area contributed by atoms with Gasteiger partial charge in [-0.3, -0.25) is 9.98 Å². The standard InChI is InChI=1S/C28H24N2O2/c1-19-9-7-11-21(27(19)31)17-29-25-15-5-3-13-23(25)24-14-4-6-16-26(24)30-18-22-12-8-10-20(2)28(22)32/h3-18,31-32H,1-2H3. The minimum absolute atomic E-state index is 0.233. The van der Waals surface area contributed by atoms with Gasteiger partial charge in [-0.1, -0.05) is 60.7 Å². The molecule has 0 heterocycles. The van der Waals surface area contributed by atoms with Crippen molar-refractivity contribution < 1.29 is 10.2 Å². The number of phenols is 2. The third-order valence-electron chi connectivity index (χ3n) is 5.32. The minimum Gasteiger partial charge on any atom is -0.507 e. The van der Waals surface area contributed by atoms with Gasteiger partial charge in [0.25, 0.3) is 0 Å². The molecule has 0 unspecified atom stereocenters. The second-order valence-electron chi connectivity index (χ2n) is 7.58. The molecule has 4 aromatic carbocycles. The maximum Gasteiger partial charge on any atom is 0.127 e. The van der Waals surface area contributed by atoms with Gasteiger partial charge < -0.3 is 10.2 Å². The van der Waals surface area contributed by atoms with Gasteiger partial charge in [-0.15, -0.1) is 0 Å². The van der Waals surface area contributed by atoms with Crippen LogP contribution >= 0.6 is 0 Å². The summed E-state index contributed by atoms with van der Waals surface area (Å²) in [7, 11) is 0. The van der Waals surface area contributed by atoms with Crippen molar-refractivity contribution in [3.8, 4) is 22.6 Å². The predicted octanol–water partition coefficient (Wildman–Crippen LogP) is 6.88. The number of aliphatic imine (C=N–C) groups is 2. The fourth-order valence-electron chi connectivity index (χ4n) is 3.48. The van der Waals surface area contributed by atoms with E-state index >= 15 is 0 Å². The first-order chi connectivity index (χ1) is 15.5. The molecular formula is C28H24N2O2. The SMILES string of the molecule is Cc1cccc(C=Nc2ccccc2-c2ccccc2N=Cc2cccc(C)c2O)c1O. The molecule has 0 saturated heterocycles. The molecule has 32 heavy (non-hydrogen) atoms. The second-order valence-corrected chi connectivity index (χ2v) is 7.58. The lowest BCUT2D eigenvalue weighted by Crippen LogP contribution is -1.87. The Bertz CT molecular complexity index is 1220. The summed E-state index contributed by atoms with van der Waals surface area (Å²) < 4.78 is 0. The highest BCUT2D eigenvalue weighted by Gasteiger charge is 2.09. The van der Waals surface area contributed by atoms with Crippen LogP contribution in [0.5, 0.6) is 11.5 Å². The van der Waals surface area contributed by atoms with Crippen molar-refractivity contribution in [2.75, 3.05) is 0 Å². The third-order valence-corrected chi connectivity index (χ3v) is 5.32. The average molecular weight is 421 g/mol. The number of benzene rings is 4. The normalized spacial score (nSPS) is 11.4. The number of phenolic OH excluding ortho intramolecular Hbond substituents is 2. The van der Waals surface area contributed by atoms with E-state index in [1.54, 1.807) is 12.4 Å². The Hall–Kier alpha value is -4.18. The number of rotatable bonds is 5. The summed E-state index contributed by atoms with van der Waals surface area (Å²) in [6.07, 6.45) is 3.36. The molecule has 0 aliphatic carbocycles. The molecule has 0 aromatic heterocycles. The van der Waals surface area contributed by atoms with Gasteiger partial charge in [-0.25, -0.2) is 0 Å². The fourth-order valence-corrected chi connectivity index (χ4v) is 3.48. The molecule has 158 valence electrons. The number of nitrogens with zero attached hydrogens (tertiary/aromatic N) is 2. The molecule has 0 saturated carbocycles. The van der Waals surface area contributed by atoms with Crippen LogP contribution in [-0.2, 0) is 0 Å². The van der Waals surface area contributed by atoms with Crippen LogP contribution in [0, 0.1) is 13.8 Å². The Morgan fingerprint density at radius 1 is 0.531 bits per heavy atom. The largest absolute Gasteiger partial charge is 0.507 e. The minimum atomic E-state index is 0.233. The van der Waals surface area contributed by atoms with E-state index in [-0.39, 0.29) is 11.5 Å². The molecule has 4 rings (SSSR count). The molecule has 2 N–H and O–H groups in total. The van der Waals surface area contributed by atoms with Gasteiger partial charge in [-0.05, 0) is 49.2 Å². The highest BCUT2D eigenvalue weighted by atomic mass is 16.3. The highest BCUT2D eigenvalue weighted by Crippen LogP contribution is 2.37.